The van der Waals surface area contributed by atoms with Crippen molar-refractivity contribution in [3.8, 4) is 5.75 Å². The maximum atomic E-state index is 12.8. The van der Waals surface area contributed by atoms with Gasteiger partial charge >= 0.3 is 0 Å². The van der Waals surface area contributed by atoms with Gasteiger partial charge < -0.3 is 19.4 Å². The maximum Gasteiger partial charge on any atom is 0.271 e. The minimum Gasteiger partial charge on any atom is -0.495 e. The van der Waals surface area contributed by atoms with Crippen molar-refractivity contribution < 1.29 is 22.7 Å². The number of anilines is 1. The summed E-state index contributed by atoms with van der Waals surface area (Å²) in [6, 6.07) is 7.38. The molecule has 0 saturated carbocycles. The number of rotatable bonds is 6. The molecule has 1 aromatic carbocycles. The lowest BCUT2D eigenvalue weighted by atomic mass is 10.3. The Bertz CT molecular complexity index is 1060. The fourth-order valence-electron chi connectivity index (χ4n) is 2.86. The first-order valence-electron chi connectivity index (χ1n) is 8.73. The highest BCUT2D eigenvalue weighted by molar-refractivity contribution is 7.89. The van der Waals surface area contributed by atoms with E-state index in [1.54, 1.807) is 12.1 Å². The summed E-state index contributed by atoms with van der Waals surface area (Å²) >= 11 is 6.03. The third-order valence-corrected chi connectivity index (χ3v) is 6.53. The summed E-state index contributed by atoms with van der Waals surface area (Å²) in [5, 5.41) is 2.94. The number of hydrogen-bond donors (Lipinski definition) is 1. The number of ether oxygens (including phenoxy) is 2. The summed E-state index contributed by atoms with van der Waals surface area (Å²) < 4.78 is 38.0. The van der Waals surface area contributed by atoms with Crippen LogP contribution in [0.5, 0.6) is 5.75 Å². The van der Waals surface area contributed by atoms with E-state index in [9.17, 15) is 18.0 Å². The number of carbonyl (C=O) groups is 1. The Balaban J connectivity index is 1.78. The number of nitrogens with one attached hydrogen (secondary N) is 1. The average Bonchev–Trinajstić information content (AvgIpc) is 2.70. The van der Waals surface area contributed by atoms with Gasteiger partial charge in [-0.05, 0) is 30.3 Å². The molecule has 156 valence electrons. The molecule has 1 aliphatic heterocycles. The molecule has 29 heavy (non-hydrogen) atoms. The van der Waals surface area contributed by atoms with Gasteiger partial charge in [0.15, 0.2) is 0 Å². The van der Waals surface area contributed by atoms with E-state index in [2.05, 4.69) is 5.32 Å². The molecule has 2 aromatic rings. The number of amides is 1. The summed E-state index contributed by atoms with van der Waals surface area (Å²) in [6.07, 6.45) is 1.36. The number of pyridine rings is 1. The first-order valence-corrected chi connectivity index (χ1v) is 10.6. The van der Waals surface area contributed by atoms with E-state index < -0.39 is 21.5 Å². The second-order valence-corrected chi connectivity index (χ2v) is 8.53. The lowest BCUT2D eigenvalue weighted by molar-refractivity contribution is -0.116. The van der Waals surface area contributed by atoms with Crippen molar-refractivity contribution in [3.63, 3.8) is 0 Å². The zero-order chi connectivity index (χ0) is 21.0. The molecule has 0 atom stereocenters. The van der Waals surface area contributed by atoms with E-state index in [1.807, 2.05) is 0 Å². The quantitative estimate of drug-likeness (QED) is 0.721. The van der Waals surface area contributed by atoms with Gasteiger partial charge in [0.1, 0.15) is 17.2 Å². The van der Waals surface area contributed by atoms with Crippen LogP contribution in [0, 0.1) is 0 Å². The Morgan fingerprint density at radius 1 is 1.28 bits per heavy atom. The largest absolute Gasteiger partial charge is 0.495 e. The molecule has 0 radical (unpaired) electrons. The Kier molecular flexibility index (Phi) is 6.58. The van der Waals surface area contributed by atoms with Crippen LogP contribution >= 0.6 is 11.6 Å². The Labute approximate surface area is 172 Å². The Morgan fingerprint density at radius 3 is 2.66 bits per heavy atom. The molecule has 1 N–H and O–H groups in total. The minimum absolute atomic E-state index is 0.176. The monoisotopic (exact) mass is 441 g/mol. The summed E-state index contributed by atoms with van der Waals surface area (Å²) in [7, 11) is -2.49. The van der Waals surface area contributed by atoms with Crippen LogP contribution in [-0.2, 0) is 26.1 Å². The zero-order valence-corrected chi connectivity index (χ0v) is 17.2. The first kappa shape index (κ1) is 21.3. The summed E-state index contributed by atoms with van der Waals surface area (Å²) in [5.41, 5.74) is -0.340. The van der Waals surface area contributed by atoms with Gasteiger partial charge in [0, 0.05) is 25.0 Å². The first-order chi connectivity index (χ1) is 13.8. The van der Waals surface area contributed by atoms with Gasteiger partial charge in [0.05, 0.1) is 25.3 Å². The van der Waals surface area contributed by atoms with Crippen LogP contribution in [0.2, 0.25) is 5.02 Å². The molecule has 0 unspecified atom stereocenters. The smallest absolute Gasteiger partial charge is 0.271 e. The van der Waals surface area contributed by atoms with E-state index in [0.29, 0.717) is 16.5 Å². The van der Waals surface area contributed by atoms with Gasteiger partial charge in [0.25, 0.3) is 5.56 Å². The second-order valence-electron chi connectivity index (χ2n) is 6.22. The summed E-state index contributed by atoms with van der Waals surface area (Å²) in [5.74, 6) is -0.0452. The van der Waals surface area contributed by atoms with Crippen LogP contribution in [0.3, 0.4) is 0 Å². The van der Waals surface area contributed by atoms with Gasteiger partial charge in [-0.15, -0.1) is 0 Å². The number of morpholine rings is 1. The molecule has 3 rings (SSSR count). The SMILES string of the molecule is COc1ccc(NC(=O)Cn2cccc(S(=O)(=O)N3CCOCC3)c2=O)cc1Cl. The normalized spacial score (nSPS) is 15.1. The molecule has 2 heterocycles. The van der Waals surface area contributed by atoms with Crippen molar-refractivity contribution in [2.45, 2.75) is 11.4 Å². The van der Waals surface area contributed by atoms with Gasteiger partial charge in [-0.25, -0.2) is 8.42 Å². The number of hydrogen-bond acceptors (Lipinski definition) is 6. The number of benzene rings is 1. The highest BCUT2D eigenvalue weighted by Gasteiger charge is 2.29. The van der Waals surface area contributed by atoms with Crippen molar-refractivity contribution in [2.75, 3.05) is 38.7 Å². The topological polar surface area (TPSA) is 107 Å². The van der Waals surface area contributed by atoms with E-state index in [-0.39, 0.29) is 37.7 Å². The van der Waals surface area contributed by atoms with E-state index in [0.717, 1.165) is 4.57 Å². The highest BCUT2D eigenvalue weighted by atomic mass is 35.5. The van der Waals surface area contributed by atoms with Crippen LogP contribution in [0.15, 0.2) is 46.2 Å². The van der Waals surface area contributed by atoms with Gasteiger partial charge in [0.2, 0.25) is 15.9 Å². The molecule has 1 aliphatic rings. The van der Waals surface area contributed by atoms with E-state index >= 15 is 0 Å². The predicted molar refractivity (Wildman–Crippen MR) is 107 cm³/mol. The van der Waals surface area contributed by atoms with Crippen LogP contribution in [0.25, 0.3) is 0 Å². The number of carbonyl (C=O) groups excluding carboxylic acids is 1. The van der Waals surface area contributed by atoms with Crippen molar-refractivity contribution in [2.24, 2.45) is 0 Å². The summed E-state index contributed by atoms with van der Waals surface area (Å²) in [6.45, 7) is 0.542. The predicted octanol–water partition coefficient (Wildman–Crippen LogP) is 1.17. The van der Waals surface area contributed by atoms with Crippen LogP contribution < -0.4 is 15.6 Å². The Morgan fingerprint density at radius 2 is 2.00 bits per heavy atom. The van der Waals surface area contributed by atoms with Crippen molar-refractivity contribution in [1.29, 1.82) is 0 Å². The molecular weight excluding hydrogens is 422 g/mol. The van der Waals surface area contributed by atoms with Crippen molar-refractivity contribution in [1.82, 2.24) is 8.87 Å². The van der Waals surface area contributed by atoms with E-state index in [4.69, 9.17) is 21.1 Å². The number of sulfonamides is 1. The standard InChI is InChI=1S/C18H20ClN3O6S/c1-27-15-5-4-13(11-14(15)19)20-17(23)12-21-6-2-3-16(18(21)24)29(25,26)22-7-9-28-10-8-22/h2-6,11H,7-10,12H2,1H3,(H,20,23). The van der Waals surface area contributed by atoms with Crippen LogP contribution in [-0.4, -0.2) is 56.6 Å². The van der Waals surface area contributed by atoms with Crippen molar-refractivity contribution in [3.05, 3.63) is 51.9 Å². The number of nitrogens with zero attached hydrogens (tertiary/aromatic N) is 2. The third kappa shape index (κ3) is 4.78. The highest BCUT2D eigenvalue weighted by Crippen LogP contribution is 2.27. The fourth-order valence-corrected chi connectivity index (χ4v) is 4.62. The lowest BCUT2D eigenvalue weighted by Gasteiger charge is -2.25. The molecule has 0 aliphatic carbocycles. The molecule has 1 fully saturated rings. The molecular formula is C18H20ClN3O6S. The Hall–Kier alpha value is -2.40. The third-order valence-electron chi connectivity index (χ3n) is 4.32. The maximum absolute atomic E-state index is 12.8. The summed E-state index contributed by atoms with van der Waals surface area (Å²) in [4.78, 5) is 24.7. The van der Waals surface area contributed by atoms with Crippen molar-refractivity contribution >= 4 is 33.2 Å². The van der Waals surface area contributed by atoms with Gasteiger partial charge in [-0.1, -0.05) is 11.6 Å². The molecule has 1 saturated heterocycles. The molecule has 0 bridgehead atoms. The van der Waals surface area contributed by atoms with Crippen LogP contribution in [0.1, 0.15) is 0 Å². The second kappa shape index (κ2) is 8.95. The number of methoxy groups -OCH3 is 1. The molecule has 11 heteroatoms. The van der Waals surface area contributed by atoms with Gasteiger partial charge in [-0.3, -0.25) is 9.59 Å². The molecule has 0 spiro atoms. The lowest BCUT2D eigenvalue weighted by Crippen LogP contribution is -2.43. The zero-order valence-electron chi connectivity index (χ0n) is 15.6. The molecule has 1 amide bonds. The fraction of sp³-hybridized carbons (Fsp3) is 0.333. The van der Waals surface area contributed by atoms with E-state index in [1.165, 1.54) is 35.8 Å². The molecule has 1 aromatic heterocycles. The van der Waals surface area contributed by atoms with Gasteiger partial charge in [-0.2, -0.15) is 4.31 Å². The minimum atomic E-state index is -3.97. The number of aromatic nitrogens is 1. The average molecular weight is 442 g/mol. The molecule has 9 nitrogen and oxygen atoms in total. The van der Waals surface area contributed by atoms with Crippen LogP contribution in [0.4, 0.5) is 5.69 Å². The number of halogens is 1.